The van der Waals surface area contributed by atoms with Gasteiger partial charge in [-0.05, 0) is 60.7 Å². The molecule has 1 saturated heterocycles. The lowest BCUT2D eigenvalue weighted by Gasteiger charge is -2.35. The Balaban J connectivity index is 1.33. The van der Waals surface area contributed by atoms with E-state index in [4.69, 9.17) is 4.42 Å². The first-order chi connectivity index (χ1) is 13.5. The highest BCUT2D eigenvalue weighted by atomic mass is 32.2. The molecule has 1 aliphatic carbocycles. The molecule has 7 nitrogen and oxygen atoms in total. The Bertz CT molecular complexity index is 1200. The van der Waals surface area contributed by atoms with E-state index in [1.165, 1.54) is 11.1 Å². The van der Waals surface area contributed by atoms with Crippen LogP contribution >= 0.6 is 0 Å². The molecule has 0 bridgehead atoms. The van der Waals surface area contributed by atoms with Crippen molar-refractivity contribution in [2.75, 3.05) is 31.1 Å². The number of nitrogens with one attached hydrogen (secondary N) is 1. The van der Waals surface area contributed by atoms with Crippen LogP contribution in [0.4, 0.5) is 5.69 Å². The summed E-state index contributed by atoms with van der Waals surface area (Å²) in [6.45, 7) is 2.05. The predicted molar refractivity (Wildman–Crippen MR) is 106 cm³/mol. The van der Waals surface area contributed by atoms with Gasteiger partial charge in [0, 0.05) is 31.9 Å². The molecule has 1 aliphatic heterocycles. The minimum Gasteiger partial charge on any atom is -0.408 e. The fraction of sp³-hybridized carbons (Fsp3) is 0.350. The van der Waals surface area contributed by atoms with Gasteiger partial charge in [0.25, 0.3) is 0 Å². The summed E-state index contributed by atoms with van der Waals surface area (Å²) < 4.78 is 32.7. The standard InChI is InChI=1S/C20H21N3O4S/c24-20-21-18-13-16(5-7-19(18)27-20)22-8-10-23(11-9-22)28(25,26)17-6-4-14-2-1-3-15(14)12-17/h4-7,12-13H,1-3,8-11H2,(H,21,24). The number of H-pyrrole nitrogens is 1. The number of hydrogen-bond donors (Lipinski definition) is 1. The lowest BCUT2D eigenvalue weighted by Crippen LogP contribution is -2.48. The number of aromatic amines is 1. The number of aryl methyl sites for hydroxylation is 2. The van der Waals surface area contributed by atoms with Crippen molar-refractivity contribution in [3.8, 4) is 0 Å². The molecular weight excluding hydrogens is 378 g/mol. The smallest absolute Gasteiger partial charge is 0.408 e. The topological polar surface area (TPSA) is 86.6 Å². The summed E-state index contributed by atoms with van der Waals surface area (Å²) in [5.41, 5.74) is 4.56. The monoisotopic (exact) mass is 399 g/mol. The van der Waals surface area contributed by atoms with Gasteiger partial charge in [0.2, 0.25) is 10.0 Å². The highest BCUT2D eigenvalue weighted by Gasteiger charge is 2.29. The fourth-order valence-corrected chi connectivity index (χ4v) is 5.65. The second-order valence-electron chi connectivity index (χ2n) is 7.37. The summed E-state index contributed by atoms with van der Waals surface area (Å²) in [5, 5.41) is 0. The Morgan fingerprint density at radius 2 is 1.71 bits per heavy atom. The van der Waals surface area contributed by atoms with E-state index in [1.54, 1.807) is 16.4 Å². The van der Waals surface area contributed by atoms with Crippen molar-refractivity contribution in [3.05, 3.63) is 58.1 Å². The van der Waals surface area contributed by atoms with Crippen LogP contribution < -0.4 is 10.7 Å². The van der Waals surface area contributed by atoms with Gasteiger partial charge in [-0.2, -0.15) is 4.31 Å². The summed E-state index contributed by atoms with van der Waals surface area (Å²) >= 11 is 0. The second kappa shape index (κ2) is 6.49. The molecule has 1 aromatic heterocycles. The number of hydrogen-bond acceptors (Lipinski definition) is 5. The van der Waals surface area contributed by atoms with Crippen LogP contribution in [0.25, 0.3) is 11.1 Å². The number of anilines is 1. The average molecular weight is 399 g/mol. The minimum absolute atomic E-state index is 0.402. The van der Waals surface area contributed by atoms with Crippen molar-refractivity contribution in [2.24, 2.45) is 0 Å². The Hall–Kier alpha value is -2.58. The van der Waals surface area contributed by atoms with Gasteiger partial charge in [-0.15, -0.1) is 0 Å². The van der Waals surface area contributed by atoms with E-state index >= 15 is 0 Å². The van der Waals surface area contributed by atoms with Gasteiger partial charge in [0.1, 0.15) is 0 Å². The Labute approximate surface area is 162 Å². The number of benzene rings is 2. The third-order valence-corrected chi connectivity index (χ3v) is 7.61. The average Bonchev–Trinajstić information content (AvgIpc) is 3.32. The zero-order valence-corrected chi connectivity index (χ0v) is 16.2. The maximum atomic E-state index is 13.1. The highest BCUT2D eigenvalue weighted by molar-refractivity contribution is 7.89. The maximum Gasteiger partial charge on any atom is 0.417 e. The molecule has 0 unspecified atom stereocenters. The number of nitrogens with zero attached hydrogens (tertiary/aromatic N) is 2. The molecule has 0 radical (unpaired) electrons. The summed E-state index contributed by atoms with van der Waals surface area (Å²) in [7, 11) is -3.48. The Kier molecular flexibility index (Phi) is 4.06. The van der Waals surface area contributed by atoms with Gasteiger partial charge < -0.3 is 9.32 Å². The molecule has 2 aliphatic rings. The number of rotatable bonds is 3. The molecule has 2 heterocycles. The van der Waals surface area contributed by atoms with Crippen LogP contribution in [0.1, 0.15) is 17.5 Å². The maximum absolute atomic E-state index is 13.1. The van der Waals surface area contributed by atoms with Crippen LogP contribution in [0, 0.1) is 0 Å². The van der Waals surface area contributed by atoms with E-state index in [0.29, 0.717) is 42.2 Å². The number of aromatic nitrogens is 1. The van der Waals surface area contributed by atoms with Crippen LogP contribution in [-0.2, 0) is 22.9 Å². The summed E-state index contributed by atoms with van der Waals surface area (Å²) in [6.07, 6.45) is 3.11. The lowest BCUT2D eigenvalue weighted by molar-refractivity contribution is 0.385. The van der Waals surface area contributed by atoms with Crippen molar-refractivity contribution in [2.45, 2.75) is 24.2 Å². The molecule has 146 valence electrons. The molecule has 3 aromatic rings. The zero-order chi connectivity index (χ0) is 19.3. The zero-order valence-electron chi connectivity index (χ0n) is 15.3. The van der Waals surface area contributed by atoms with Crippen molar-refractivity contribution >= 4 is 26.8 Å². The molecule has 0 amide bonds. The van der Waals surface area contributed by atoms with E-state index in [9.17, 15) is 13.2 Å². The highest BCUT2D eigenvalue weighted by Crippen LogP contribution is 2.28. The summed E-state index contributed by atoms with van der Waals surface area (Å²) in [6, 6.07) is 11.1. The quantitative estimate of drug-likeness (QED) is 0.729. The summed E-state index contributed by atoms with van der Waals surface area (Å²) in [5.74, 6) is -0.475. The van der Waals surface area contributed by atoms with Gasteiger partial charge in [-0.25, -0.2) is 13.2 Å². The summed E-state index contributed by atoms with van der Waals surface area (Å²) in [4.78, 5) is 16.5. The first-order valence-corrected chi connectivity index (χ1v) is 10.9. The SMILES string of the molecule is O=c1[nH]c2cc(N3CCN(S(=O)(=O)c4ccc5c(c4)CCC5)CC3)ccc2o1. The molecule has 8 heteroatoms. The van der Waals surface area contributed by atoms with Crippen molar-refractivity contribution in [1.29, 1.82) is 0 Å². The van der Waals surface area contributed by atoms with E-state index in [0.717, 1.165) is 24.9 Å². The first kappa shape index (κ1) is 17.5. The molecule has 0 saturated carbocycles. The third kappa shape index (κ3) is 2.93. The Morgan fingerprint density at radius 1 is 0.929 bits per heavy atom. The number of fused-ring (bicyclic) bond motifs is 2. The van der Waals surface area contributed by atoms with E-state index in [2.05, 4.69) is 9.88 Å². The number of sulfonamides is 1. The van der Waals surface area contributed by atoms with Crippen molar-refractivity contribution in [1.82, 2.24) is 9.29 Å². The van der Waals surface area contributed by atoms with E-state index in [1.807, 2.05) is 24.3 Å². The normalized spacial score (nSPS) is 17.9. The molecule has 1 fully saturated rings. The van der Waals surface area contributed by atoms with Crippen LogP contribution in [0.3, 0.4) is 0 Å². The molecule has 0 atom stereocenters. The second-order valence-corrected chi connectivity index (χ2v) is 9.31. The van der Waals surface area contributed by atoms with Crippen LogP contribution in [0.15, 0.2) is 50.5 Å². The number of oxazole rings is 1. The molecule has 28 heavy (non-hydrogen) atoms. The predicted octanol–water partition coefficient (Wildman–Crippen LogP) is 2.12. The van der Waals surface area contributed by atoms with Gasteiger partial charge in [-0.1, -0.05) is 6.07 Å². The van der Waals surface area contributed by atoms with Crippen molar-refractivity contribution in [3.63, 3.8) is 0 Å². The Morgan fingerprint density at radius 3 is 2.54 bits per heavy atom. The van der Waals surface area contributed by atoms with Crippen LogP contribution in [-0.4, -0.2) is 43.9 Å². The molecule has 0 spiro atoms. The third-order valence-electron chi connectivity index (χ3n) is 5.71. The lowest BCUT2D eigenvalue weighted by atomic mass is 10.1. The number of piperazine rings is 1. The molecule has 2 aromatic carbocycles. The molecule has 5 rings (SSSR count). The van der Waals surface area contributed by atoms with Gasteiger partial charge in [0.05, 0.1) is 10.4 Å². The molecular formula is C20H21N3O4S. The van der Waals surface area contributed by atoms with Gasteiger partial charge in [-0.3, -0.25) is 4.98 Å². The van der Waals surface area contributed by atoms with E-state index in [-0.39, 0.29) is 0 Å². The van der Waals surface area contributed by atoms with Gasteiger partial charge >= 0.3 is 5.76 Å². The largest absolute Gasteiger partial charge is 0.417 e. The minimum atomic E-state index is -3.48. The fourth-order valence-electron chi connectivity index (χ4n) is 4.18. The van der Waals surface area contributed by atoms with E-state index < -0.39 is 15.8 Å². The first-order valence-electron chi connectivity index (χ1n) is 9.50. The van der Waals surface area contributed by atoms with Crippen molar-refractivity contribution < 1.29 is 12.8 Å². The van der Waals surface area contributed by atoms with Gasteiger partial charge in [0.15, 0.2) is 5.58 Å². The van der Waals surface area contributed by atoms with Crippen LogP contribution in [0.5, 0.6) is 0 Å². The molecule has 1 N–H and O–H groups in total. The van der Waals surface area contributed by atoms with Crippen LogP contribution in [0.2, 0.25) is 0 Å².